The molecule has 1 aromatic rings. The van der Waals surface area contributed by atoms with Gasteiger partial charge in [-0.3, -0.25) is 4.84 Å². The Hall–Kier alpha value is -0.580. The molecule has 1 aromatic carbocycles. The summed E-state index contributed by atoms with van der Waals surface area (Å²) in [6.07, 6.45) is 0. The van der Waals surface area contributed by atoms with Crippen LogP contribution >= 0.6 is 15.9 Å². The molecule has 0 bridgehead atoms. The van der Waals surface area contributed by atoms with E-state index in [0.29, 0.717) is 10.0 Å². The average molecular weight is 232 g/mol. The zero-order valence-corrected chi connectivity index (χ0v) is 8.26. The Morgan fingerprint density at radius 3 is 2.83 bits per heavy atom. The summed E-state index contributed by atoms with van der Waals surface area (Å²) >= 11 is 3.25. The second-order valence-corrected chi connectivity index (χ2v) is 3.31. The first-order chi connectivity index (χ1) is 5.66. The molecule has 0 fully saturated rings. The Morgan fingerprint density at radius 1 is 1.58 bits per heavy atom. The highest BCUT2D eigenvalue weighted by atomic mass is 79.9. The van der Waals surface area contributed by atoms with Crippen molar-refractivity contribution in [3.05, 3.63) is 27.7 Å². The molecule has 0 aliphatic rings. The summed E-state index contributed by atoms with van der Waals surface area (Å²) in [7, 11) is 0. The number of aryl methyl sites for hydroxylation is 1. The Kier molecular flexibility index (Phi) is 3.08. The van der Waals surface area contributed by atoms with Crippen molar-refractivity contribution in [2.45, 2.75) is 13.5 Å². The van der Waals surface area contributed by atoms with Gasteiger partial charge in [0.15, 0.2) is 0 Å². The highest BCUT2D eigenvalue weighted by Crippen LogP contribution is 2.30. The molecule has 3 N–H and O–H groups in total. The van der Waals surface area contributed by atoms with E-state index < -0.39 is 0 Å². The van der Waals surface area contributed by atoms with Crippen LogP contribution in [0.15, 0.2) is 16.6 Å². The number of rotatable bonds is 2. The van der Waals surface area contributed by atoms with Crippen molar-refractivity contribution < 1.29 is 9.94 Å². The SMILES string of the molecule is Cc1ccc(CON)c(O)c1Br. The van der Waals surface area contributed by atoms with Crippen molar-refractivity contribution in [2.24, 2.45) is 5.90 Å². The molecule has 0 aromatic heterocycles. The zero-order valence-electron chi connectivity index (χ0n) is 6.67. The summed E-state index contributed by atoms with van der Waals surface area (Å²) in [5.74, 6) is 5.09. The van der Waals surface area contributed by atoms with Crippen LogP contribution < -0.4 is 5.90 Å². The first-order valence-corrected chi connectivity index (χ1v) is 4.24. The van der Waals surface area contributed by atoms with Crippen LogP contribution in [0.5, 0.6) is 5.75 Å². The standard InChI is InChI=1S/C8H10BrNO2/c1-5-2-3-6(4-12-10)8(11)7(5)9/h2-3,11H,4,10H2,1H3. The van der Waals surface area contributed by atoms with Gasteiger partial charge in [0.1, 0.15) is 5.75 Å². The van der Waals surface area contributed by atoms with Crippen molar-refractivity contribution in [2.75, 3.05) is 0 Å². The Morgan fingerprint density at radius 2 is 2.25 bits per heavy atom. The van der Waals surface area contributed by atoms with Crippen LogP contribution in [-0.4, -0.2) is 5.11 Å². The van der Waals surface area contributed by atoms with Crippen LogP contribution in [0.3, 0.4) is 0 Å². The van der Waals surface area contributed by atoms with Gasteiger partial charge in [-0.25, -0.2) is 5.90 Å². The minimum absolute atomic E-state index is 0.195. The fourth-order valence-corrected chi connectivity index (χ4v) is 1.30. The predicted octanol–water partition coefficient (Wildman–Crippen LogP) is 1.85. The van der Waals surface area contributed by atoms with Crippen molar-refractivity contribution in [1.29, 1.82) is 0 Å². The molecule has 0 aliphatic heterocycles. The summed E-state index contributed by atoms with van der Waals surface area (Å²) < 4.78 is 0.692. The van der Waals surface area contributed by atoms with Crippen molar-refractivity contribution in [3.63, 3.8) is 0 Å². The largest absolute Gasteiger partial charge is 0.506 e. The van der Waals surface area contributed by atoms with Crippen molar-refractivity contribution >= 4 is 15.9 Å². The number of halogens is 1. The number of benzene rings is 1. The number of hydrogen-bond acceptors (Lipinski definition) is 3. The first-order valence-electron chi connectivity index (χ1n) is 3.45. The lowest BCUT2D eigenvalue weighted by Gasteiger charge is -2.06. The molecule has 3 nitrogen and oxygen atoms in total. The van der Waals surface area contributed by atoms with Crippen molar-refractivity contribution in [3.8, 4) is 5.75 Å². The second kappa shape index (κ2) is 3.89. The summed E-state index contributed by atoms with van der Waals surface area (Å²) in [6.45, 7) is 2.11. The molecule has 1 rings (SSSR count). The quantitative estimate of drug-likeness (QED) is 0.765. The molecule has 0 radical (unpaired) electrons. The van der Waals surface area contributed by atoms with E-state index in [9.17, 15) is 5.11 Å². The molecule has 0 saturated heterocycles. The smallest absolute Gasteiger partial charge is 0.135 e. The van der Waals surface area contributed by atoms with E-state index in [0.717, 1.165) is 5.56 Å². The van der Waals surface area contributed by atoms with E-state index in [4.69, 9.17) is 5.90 Å². The highest BCUT2D eigenvalue weighted by Gasteiger charge is 2.06. The van der Waals surface area contributed by atoms with E-state index in [1.54, 1.807) is 6.07 Å². The Bertz CT molecular complexity index is 289. The number of phenolic OH excluding ortho intramolecular Hbond substituents is 1. The maximum Gasteiger partial charge on any atom is 0.135 e. The molecule has 0 unspecified atom stereocenters. The first kappa shape index (κ1) is 9.51. The van der Waals surface area contributed by atoms with Gasteiger partial charge in [-0.15, -0.1) is 0 Å². The van der Waals surface area contributed by atoms with E-state index in [1.807, 2.05) is 13.0 Å². The number of hydrogen-bond donors (Lipinski definition) is 2. The predicted molar refractivity (Wildman–Crippen MR) is 49.5 cm³/mol. The topological polar surface area (TPSA) is 55.5 Å². The molecular formula is C8H10BrNO2. The van der Waals surface area contributed by atoms with Gasteiger partial charge in [0.05, 0.1) is 11.1 Å². The third kappa shape index (κ3) is 1.77. The van der Waals surface area contributed by atoms with E-state index in [2.05, 4.69) is 20.8 Å². The monoisotopic (exact) mass is 231 g/mol. The van der Waals surface area contributed by atoms with Gasteiger partial charge in [0.25, 0.3) is 0 Å². The van der Waals surface area contributed by atoms with Gasteiger partial charge in [-0.05, 0) is 28.4 Å². The summed E-state index contributed by atoms with van der Waals surface area (Å²) in [4.78, 5) is 4.42. The molecule has 0 aliphatic carbocycles. The fraction of sp³-hybridized carbons (Fsp3) is 0.250. The van der Waals surface area contributed by atoms with Crippen molar-refractivity contribution in [1.82, 2.24) is 0 Å². The average Bonchev–Trinajstić information content (AvgIpc) is 2.07. The van der Waals surface area contributed by atoms with Crippen LogP contribution in [0.4, 0.5) is 0 Å². The number of aromatic hydroxyl groups is 1. The normalized spacial score (nSPS) is 10.2. The molecule has 0 spiro atoms. The molecule has 4 heteroatoms. The maximum atomic E-state index is 9.53. The lowest BCUT2D eigenvalue weighted by molar-refractivity contribution is 0.122. The minimum atomic E-state index is 0.195. The van der Waals surface area contributed by atoms with Crippen LogP contribution in [0, 0.1) is 6.92 Å². The maximum absolute atomic E-state index is 9.53. The third-order valence-corrected chi connectivity index (χ3v) is 2.63. The van der Waals surface area contributed by atoms with Gasteiger partial charge >= 0.3 is 0 Å². The zero-order chi connectivity index (χ0) is 9.14. The number of phenols is 1. The Labute approximate surface area is 79.2 Å². The summed E-state index contributed by atoms with van der Waals surface area (Å²) in [5, 5.41) is 9.53. The molecule has 66 valence electrons. The van der Waals surface area contributed by atoms with Gasteiger partial charge < -0.3 is 5.11 Å². The molecule has 0 amide bonds. The lowest BCUT2D eigenvalue weighted by Crippen LogP contribution is -1.99. The minimum Gasteiger partial charge on any atom is -0.506 e. The van der Waals surface area contributed by atoms with Gasteiger partial charge in [-0.2, -0.15) is 0 Å². The third-order valence-electron chi connectivity index (χ3n) is 1.63. The summed E-state index contributed by atoms with van der Waals surface area (Å²) in [6, 6.07) is 3.67. The van der Waals surface area contributed by atoms with E-state index in [1.165, 1.54) is 0 Å². The Balaban J connectivity index is 3.08. The molecule has 0 heterocycles. The van der Waals surface area contributed by atoms with Crippen LogP contribution in [0.2, 0.25) is 0 Å². The van der Waals surface area contributed by atoms with Crippen LogP contribution in [0.1, 0.15) is 11.1 Å². The molecular weight excluding hydrogens is 222 g/mol. The van der Waals surface area contributed by atoms with Gasteiger partial charge in [0, 0.05) is 5.56 Å². The summed E-state index contributed by atoms with van der Waals surface area (Å²) in [5.41, 5.74) is 1.66. The molecule has 12 heavy (non-hydrogen) atoms. The molecule has 0 atom stereocenters. The highest BCUT2D eigenvalue weighted by molar-refractivity contribution is 9.10. The van der Waals surface area contributed by atoms with Gasteiger partial charge in [-0.1, -0.05) is 12.1 Å². The second-order valence-electron chi connectivity index (χ2n) is 2.52. The van der Waals surface area contributed by atoms with E-state index >= 15 is 0 Å². The number of nitrogens with two attached hydrogens (primary N) is 1. The van der Waals surface area contributed by atoms with Crippen LogP contribution in [0.25, 0.3) is 0 Å². The fourth-order valence-electron chi connectivity index (χ4n) is 0.912. The van der Waals surface area contributed by atoms with Gasteiger partial charge in [0.2, 0.25) is 0 Å². The van der Waals surface area contributed by atoms with Crippen LogP contribution in [-0.2, 0) is 11.4 Å². The van der Waals surface area contributed by atoms with E-state index in [-0.39, 0.29) is 12.4 Å². The lowest BCUT2D eigenvalue weighted by atomic mass is 10.1. The molecule has 0 saturated carbocycles.